The van der Waals surface area contributed by atoms with Gasteiger partial charge in [0.1, 0.15) is 22.7 Å². The SMILES string of the molecule is CC(=O)N1CCN(c2cc(C(=O)O)c3c(ccc4nn(-c5cccc(F)c5)nc43)n2)CC1. The number of halogens is 1. The topological polar surface area (TPSA) is 104 Å². The van der Waals surface area contributed by atoms with Gasteiger partial charge >= 0.3 is 5.97 Å². The molecule has 1 saturated heterocycles. The van der Waals surface area contributed by atoms with Crippen molar-refractivity contribution >= 4 is 39.6 Å². The van der Waals surface area contributed by atoms with Gasteiger partial charge in [0, 0.05) is 44.6 Å². The summed E-state index contributed by atoms with van der Waals surface area (Å²) in [5, 5.41) is 19.1. The second kappa shape index (κ2) is 7.56. The number of aromatic nitrogens is 4. The zero-order valence-corrected chi connectivity index (χ0v) is 17.2. The fourth-order valence-electron chi connectivity index (χ4n) is 3.98. The molecule has 9 nitrogen and oxygen atoms in total. The highest BCUT2D eigenvalue weighted by Gasteiger charge is 2.23. The summed E-state index contributed by atoms with van der Waals surface area (Å²) < 4.78 is 13.6. The Kier molecular flexibility index (Phi) is 4.69. The Morgan fingerprint density at radius 3 is 2.44 bits per heavy atom. The molecule has 1 aliphatic rings. The lowest BCUT2D eigenvalue weighted by atomic mass is 10.1. The molecule has 1 aliphatic heterocycles. The molecule has 162 valence electrons. The van der Waals surface area contributed by atoms with Crippen LogP contribution in [0.3, 0.4) is 0 Å². The van der Waals surface area contributed by atoms with E-state index in [4.69, 9.17) is 0 Å². The van der Waals surface area contributed by atoms with E-state index in [0.29, 0.717) is 59.6 Å². The molecule has 32 heavy (non-hydrogen) atoms. The monoisotopic (exact) mass is 434 g/mol. The summed E-state index contributed by atoms with van der Waals surface area (Å²) in [4.78, 5) is 33.4. The summed E-state index contributed by atoms with van der Waals surface area (Å²) in [5.41, 5.74) is 1.83. The number of piperazine rings is 1. The van der Waals surface area contributed by atoms with Gasteiger partial charge < -0.3 is 14.9 Å². The number of aromatic carboxylic acids is 1. The van der Waals surface area contributed by atoms with Crippen molar-refractivity contribution in [2.75, 3.05) is 31.1 Å². The van der Waals surface area contributed by atoms with Gasteiger partial charge in [-0.25, -0.2) is 14.2 Å². The van der Waals surface area contributed by atoms with Crippen LogP contribution in [0.15, 0.2) is 42.5 Å². The van der Waals surface area contributed by atoms with Gasteiger partial charge in [0.05, 0.1) is 16.8 Å². The first-order valence-corrected chi connectivity index (χ1v) is 10.1. The van der Waals surface area contributed by atoms with E-state index in [1.165, 1.54) is 29.9 Å². The van der Waals surface area contributed by atoms with Crippen molar-refractivity contribution in [2.45, 2.75) is 6.92 Å². The van der Waals surface area contributed by atoms with Crippen molar-refractivity contribution in [3.8, 4) is 5.69 Å². The molecule has 0 aliphatic carbocycles. The maximum absolute atomic E-state index is 13.6. The average Bonchev–Trinajstić information content (AvgIpc) is 3.23. The molecule has 4 aromatic rings. The lowest BCUT2D eigenvalue weighted by molar-refractivity contribution is -0.129. The maximum Gasteiger partial charge on any atom is 0.336 e. The van der Waals surface area contributed by atoms with Crippen molar-refractivity contribution in [1.82, 2.24) is 24.9 Å². The van der Waals surface area contributed by atoms with Crippen LogP contribution in [0.4, 0.5) is 10.2 Å². The number of benzene rings is 2. The fraction of sp³-hybridized carbons (Fsp3) is 0.227. The molecule has 1 fully saturated rings. The number of carboxylic acids is 1. The number of carbonyl (C=O) groups excluding carboxylic acids is 1. The molecule has 0 atom stereocenters. The second-order valence-corrected chi connectivity index (χ2v) is 7.62. The Labute approximate surface area is 181 Å². The summed E-state index contributed by atoms with van der Waals surface area (Å²) in [6.07, 6.45) is 0. The number of pyridine rings is 1. The van der Waals surface area contributed by atoms with Crippen LogP contribution in [-0.4, -0.2) is 68.0 Å². The zero-order valence-electron chi connectivity index (χ0n) is 17.2. The van der Waals surface area contributed by atoms with Gasteiger partial charge in [-0.2, -0.15) is 4.80 Å². The van der Waals surface area contributed by atoms with Gasteiger partial charge in [-0.05, 0) is 30.3 Å². The quantitative estimate of drug-likeness (QED) is 0.528. The number of fused-ring (bicyclic) bond motifs is 3. The van der Waals surface area contributed by atoms with Crippen LogP contribution in [0.2, 0.25) is 0 Å². The molecular formula is C22H19FN6O3. The summed E-state index contributed by atoms with van der Waals surface area (Å²) in [6, 6.07) is 10.8. The molecular weight excluding hydrogens is 415 g/mol. The molecule has 0 saturated carbocycles. The van der Waals surface area contributed by atoms with Crippen LogP contribution in [0, 0.1) is 5.82 Å². The minimum absolute atomic E-state index is 0.0196. The van der Waals surface area contributed by atoms with Crippen molar-refractivity contribution in [3.05, 3.63) is 53.8 Å². The summed E-state index contributed by atoms with van der Waals surface area (Å²) >= 11 is 0. The van der Waals surface area contributed by atoms with E-state index < -0.39 is 11.8 Å². The molecule has 1 N–H and O–H groups in total. The zero-order chi connectivity index (χ0) is 22.4. The lowest BCUT2D eigenvalue weighted by Gasteiger charge is -2.35. The fourth-order valence-corrected chi connectivity index (χ4v) is 3.98. The van der Waals surface area contributed by atoms with Gasteiger partial charge in [0.25, 0.3) is 0 Å². The predicted octanol–water partition coefficient (Wildman–Crippen LogP) is 2.47. The number of anilines is 1. The Morgan fingerprint density at radius 2 is 1.75 bits per heavy atom. The maximum atomic E-state index is 13.6. The number of nitrogens with zero attached hydrogens (tertiary/aromatic N) is 6. The van der Waals surface area contributed by atoms with Crippen LogP contribution in [0.1, 0.15) is 17.3 Å². The minimum atomic E-state index is -1.10. The highest BCUT2D eigenvalue weighted by molar-refractivity contribution is 6.13. The van der Waals surface area contributed by atoms with E-state index in [2.05, 4.69) is 15.2 Å². The van der Waals surface area contributed by atoms with Gasteiger partial charge in [-0.1, -0.05) is 6.07 Å². The number of hydrogen-bond donors (Lipinski definition) is 1. The molecule has 5 rings (SSSR count). The van der Waals surface area contributed by atoms with Crippen LogP contribution in [-0.2, 0) is 4.79 Å². The Morgan fingerprint density at radius 1 is 1.00 bits per heavy atom. The van der Waals surface area contributed by atoms with Crippen LogP contribution in [0.25, 0.3) is 27.6 Å². The first-order valence-electron chi connectivity index (χ1n) is 10.1. The molecule has 0 unspecified atom stereocenters. The van der Waals surface area contributed by atoms with Crippen molar-refractivity contribution in [2.24, 2.45) is 0 Å². The number of rotatable bonds is 3. The first-order chi connectivity index (χ1) is 15.4. The summed E-state index contributed by atoms with van der Waals surface area (Å²) in [5.74, 6) is -0.967. The third-order valence-electron chi connectivity index (χ3n) is 5.63. The predicted molar refractivity (Wildman–Crippen MR) is 116 cm³/mol. The molecule has 3 heterocycles. The number of amides is 1. The first kappa shape index (κ1) is 19.9. The molecule has 1 amide bonds. The Bertz CT molecular complexity index is 1380. The van der Waals surface area contributed by atoms with E-state index in [0.717, 1.165) is 0 Å². The number of carbonyl (C=O) groups is 2. The minimum Gasteiger partial charge on any atom is -0.478 e. The average molecular weight is 434 g/mol. The van der Waals surface area contributed by atoms with Gasteiger partial charge in [-0.15, -0.1) is 10.2 Å². The van der Waals surface area contributed by atoms with Gasteiger partial charge in [-0.3, -0.25) is 4.79 Å². The Hall–Kier alpha value is -4.08. The number of carboxylic acid groups (broad SMARTS) is 1. The molecule has 0 bridgehead atoms. The van der Waals surface area contributed by atoms with Crippen LogP contribution < -0.4 is 4.90 Å². The van der Waals surface area contributed by atoms with E-state index in [1.807, 2.05) is 4.90 Å². The highest BCUT2D eigenvalue weighted by atomic mass is 19.1. The van der Waals surface area contributed by atoms with E-state index in [-0.39, 0.29) is 11.5 Å². The summed E-state index contributed by atoms with van der Waals surface area (Å²) in [7, 11) is 0. The molecule has 10 heteroatoms. The van der Waals surface area contributed by atoms with Gasteiger partial charge in [0.2, 0.25) is 5.91 Å². The van der Waals surface area contributed by atoms with E-state index in [9.17, 15) is 19.1 Å². The molecule has 0 radical (unpaired) electrons. The van der Waals surface area contributed by atoms with Crippen molar-refractivity contribution in [1.29, 1.82) is 0 Å². The highest BCUT2D eigenvalue weighted by Crippen LogP contribution is 2.29. The largest absolute Gasteiger partial charge is 0.478 e. The van der Waals surface area contributed by atoms with E-state index >= 15 is 0 Å². The smallest absolute Gasteiger partial charge is 0.336 e. The molecule has 2 aromatic carbocycles. The second-order valence-electron chi connectivity index (χ2n) is 7.62. The summed E-state index contributed by atoms with van der Waals surface area (Å²) in [6.45, 7) is 3.77. The van der Waals surface area contributed by atoms with E-state index in [1.54, 1.807) is 29.2 Å². The molecule has 2 aromatic heterocycles. The Balaban J connectivity index is 1.62. The normalized spacial score (nSPS) is 14.3. The third-order valence-corrected chi connectivity index (χ3v) is 5.63. The molecule has 0 spiro atoms. The van der Waals surface area contributed by atoms with Crippen molar-refractivity contribution < 1.29 is 19.1 Å². The third kappa shape index (κ3) is 3.39. The standard InChI is InChI=1S/C22H19FN6O3/c1-13(30)27-7-9-28(10-8-27)19-12-16(22(31)32)20-17(24-19)5-6-18-21(20)26-29(25-18)15-4-2-3-14(23)11-15/h2-6,11-12H,7-10H2,1H3,(H,31,32). The number of hydrogen-bond acceptors (Lipinski definition) is 6. The van der Waals surface area contributed by atoms with Gasteiger partial charge in [0.15, 0.2) is 0 Å². The van der Waals surface area contributed by atoms with Crippen LogP contribution >= 0.6 is 0 Å². The van der Waals surface area contributed by atoms with Crippen molar-refractivity contribution in [3.63, 3.8) is 0 Å². The lowest BCUT2D eigenvalue weighted by Crippen LogP contribution is -2.48. The van der Waals surface area contributed by atoms with Crippen LogP contribution in [0.5, 0.6) is 0 Å².